The van der Waals surface area contributed by atoms with E-state index < -0.39 is 0 Å². The summed E-state index contributed by atoms with van der Waals surface area (Å²) in [6, 6.07) is 9.71. The van der Waals surface area contributed by atoms with Gasteiger partial charge < -0.3 is 0 Å². The normalized spacial score (nSPS) is 8.31. The van der Waals surface area contributed by atoms with Crippen molar-refractivity contribution in [1.82, 2.24) is 0 Å². The lowest BCUT2D eigenvalue weighted by molar-refractivity contribution is 1.41. The molecule has 0 aliphatic heterocycles. The minimum absolute atomic E-state index is 0.903. The molecule has 0 saturated carbocycles. The van der Waals surface area contributed by atoms with Crippen LogP contribution in [-0.4, -0.2) is 5.75 Å². The Bertz CT molecular complexity index is 379. The highest BCUT2D eigenvalue weighted by atomic mass is 32.2. The van der Waals surface area contributed by atoms with Gasteiger partial charge in [-0.05, 0) is 24.0 Å². The molecule has 1 rings (SSSR count). The first-order chi connectivity index (χ1) is 6.36. The number of nitrogens with zero attached hydrogens (tertiary/aromatic N) is 1. The fourth-order valence-corrected chi connectivity index (χ4v) is 1.65. The van der Waals surface area contributed by atoms with Crippen LogP contribution >= 0.6 is 11.8 Å². The van der Waals surface area contributed by atoms with Gasteiger partial charge in [0.05, 0.1) is 0 Å². The third-order valence-electron chi connectivity index (χ3n) is 1.41. The summed E-state index contributed by atoms with van der Waals surface area (Å²) in [7, 11) is 0. The summed E-state index contributed by atoms with van der Waals surface area (Å²) in [5.74, 6) is 6.20. The molecule has 0 unspecified atom stereocenters. The van der Waals surface area contributed by atoms with Crippen LogP contribution in [0.1, 0.15) is 12.5 Å². The summed E-state index contributed by atoms with van der Waals surface area (Å²) in [4.78, 5) is 1.20. The first kappa shape index (κ1) is 9.71. The van der Waals surface area contributed by atoms with Crippen molar-refractivity contribution in [3.63, 3.8) is 0 Å². The molecule has 1 aromatic carbocycles. The van der Waals surface area contributed by atoms with Gasteiger partial charge in [-0.15, -0.1) is 11.8 Å². The van der Waals surface area contributed by atoms with E-state index >= 15 is 0 Å². The third-order valence-corrected chi connectivity index (χ3v) is 2.28. The lowest BCUT2D eigenvalue weighted by atomic mass is 10.2. The molecule has 13 heavy (non-hydrogen) atoms. The van der Waals surface area contributed by atoms with Crippen molar-refractivity contribution in [3.05, 3.63) is 29.8 Å². The second-order valence-corrected chi connectivity index (χ2v) is 3.66. The molecule has 0 aromatic heterocycles. The summed E-state index contributed by atoms with van der Waals surface area (Å²) < 4.78 is 0. The molecule has 0 saturated heterocycles. The predicted molar refractivity (Wildman–Crippen MR) is 55.3 cm³/mol. The van der Waals surface area contributed by atoms with Crippen molar-refractivity contribution < 1.29 is 0 Å². The standard InChI is InChI=1S/C11H9NS/c1-2-13-11-7-3-5-10(9-11)6-4-8-12/h3,5,7,9H,2H2,1H3. The van der Waals surface area contributed by atoms with Gasteiger partial charge in [0, 0.05) is 16.4 Å². The zero-order valence-electron chi connectivity index (χ0n) is 7.37. The van der Waals surface area contributed by atoms with E-state index in [9.17, 15) is 0 Å². The summed E-state index contributed by atoms with van der Waals surface area (Å²) in [6.45, 7) is 2.11. The Morgan fingerprint density at radius 1 is 1.46 bits per heavy atom. The number of rotatable bonds is 2. The SMILES string of the molecule is CCSc1cccc(C#CC#N)c1. The molecule has 0 N–H and O–H groups in total. The lowest BCUT2D eigenvalue weighted by Gasteiger charge is -1.97. The van der Waals surface area contributed by atoms with E-state index in [0.717, 1.165) is 11.3 Å². The maximum absolute atomic E-state index is 8.27. The summed E-state index contributed by atoms with van der Waals surface area (Å²) in [5, 5.41) is 8.27. The van der Waals surface area contributed by atoms with Gasteiger partial charge in [0.1, 0.15) is 0 Å². The smallest absolute Gasteiger partial charge is 0.152 e. The van der Waals surface area contributed by atoms with Crippen molar-refractivity contribution in [2.45, 2.75) is 11.8 Å². The summed E-state index contributed by atoms with van der Waals surface area (Å²) in [5.41, 5.74) is 0.903. The topological polar surface area (TPSA) is 23.8 Å². The number of nitriles is 1. The molecular formula is C11H9NS. The zero-order valence-corrected chi connectivity index (χ0v) is 8.19. The Balaban J connectivity index is 2.86. The minimum Gasteiger partial charge on any atom is -0.183 e. The van der Waals surface area contributed by atoms with Crippen LogP contribution in [0.3, 0.4) is 0 Å². The number of benzene rings is 1. The second kappa shape index (κ2) is 5.30. The van der Waals surface area contributed by atoms with Crippen LogP contribution in [0.15, 0.2) is 29.2 Å². The highest BCUT2D eigenvalue weighted by molar-refractivity contribution is 7.99. The number of thioether (sulfide) groups is 1. The maximum Gasteiger partial charge on any atom is 0.152 e. The Hall–Kier alpha value is -1.38. The largest absolute Gasteiger partial charge is 0.183 e. The van der Waals surface area contributed by atoms with E-state index in [2.05, 4.69) is 18.8 Å². The predicted octanol–water partition coefficient (Wildman–Crippen LogP) is 2.67. The van der Waals surface area contributed by atoms with Gasteiger partial charge in [-0.25, -0.2) is 0 Å². The monoisotopic (exact) mass is 187 g/mol. The molecule has 2 heteroatoms. The van der Waals surface area contributed by atoms with Gasteiger partial charge in [0.15, 0.2) is 6.07 Å². The highest BCUT2D eigenvalue weighted by Crippen LogP contribution is 2.17. The molecule has 0 aliphatic rings. The molecule has 0 aliphatic carbocycles. The first-order valence-corrected chi connectivity index (χ1v) is 4.98. The molecule has 1 nitrogen and oxygen atoms in total. The quantitative estimate of drug-likeness (QED) is 0.525. The van der Waals surface area contributed by atoms with Gasteiger partial charge >= 0.3 is 0 Å². The summed E-state index contributed by atoms with van der Waals surface area (Å²) in [6.07, 6.45) is 0. The third kappa shape index (κ3) is 3.23. The molecule has 64 valence electrons. The Morgan fingerprint density at radius 2 is 2.31 bits per heavy atom. The Labute approximate surface area is 82.8 Å². The van der Waals surface area contributed by atoms with Crippen LogP contribution < -0.4 is 0 Å². The molecule has 0 fully saturated rings. The molecule has 0 heterocycles. The van der Waals surface area contributed by atoms with Gasteiger partial charge in [-0.3, -0.25) is 0 Å². The first-order valence-electron chi connectivity index (χ1n) is 3.99. The number of hydrogen-bond donors (Lipinski definition) is 0. The van der Waals surface area contributed by atoms with E-state index in [1.807, 2.05) is 24.3 Å². The van der Waals surface area contributed by atoms with Crippen molar-refractivity contribution in [1.29, 1.82) is 5.26 Å². The molecule has 0 atom stereocenters. The van der Waals surface area contributed by atoms with Crippen LogP contribution in [0.4, 0.5) is 0 Å². The van der Waals surface area contributed by atoms with E-state index in [1.165, 1.54) is 4.90 Å². The van der Waals surface area contributed by atoms with E-state index in [0.29, 0.717) is 0 Å². The highest BCUT2D eigenvalue weighted by Gasteiger charge is 1.91. The molecule has 0 bridgehead atoms. The molecule has 0 amide bonds. The van der Waals surface area contributed by atoms with Gasteiger partial charge in [0.25, 0.3) is 0 Å². The van der Waals surface area contributed by atoms with E-state index in [1.54, 1.807) is 17.8 Å². The molecular weight excluding hydrogens is 178 g/mol. The van der Waals surface area contributed by atoms with Crippen LogP contribution in [0, 0.1) is 23.2 Å². The molecule has 1 aromatic rings. The molecule has 0 spiro atoms. The van der Waals surface area contributed by atoms with E-state index in [4.69, 9.17) is 5.26 Å². The van der Waals surface area contributed by atoms with Crippen molar-refractivity contribution in [2.75, 3.05) is 5.75 Å². The van der Waals surface area contributed by atoms with Crippen LogP contribution in [0.5, 0.6) is 0 Å². The van der Waals surface area contributed by atoms with Crippen molar-refractivity contribution >= 4 is 11.8 Å². The fraction of sp³-hybridized carbons (Fsp3) is 0.182. The van der Waals surface area contributed by atoms with Gasteiger partial charge in [-0.1, -0.05) is 18.9 Å². The van der Waals surface area contributed by atoms with Crippen molar-refractivity contribution in [2.24, 2.45) is 0 Å². The second-order valence-electron chi connectivity index (χ2n) is 2.32. The minimum atomic E-state index is 0.903. The Kier molecular flexibility index (Phi) is 3.96. The van der Waals surface area contributed by atoms with Crippen LogP contribution in [-0.2, 0) is 0 Å². The number of hydrogen-bond acceptors (Lipinski definition) is 2. The average molecular weight is 187 g/mol. The zero-order chi connectivity index (χ0) is 9.52. The average Bonchev–Trinajstić information content (AvgIpc) is 2.16. The lowest BCUT2D eigenvalue weighted by Crippen LogP contribution is -1.76. The van der Waals surface area contributed by atoms with Gasteiger partial charge in [-0.2, -0.15) is 5.26 Å². The maximum atomic E-state index is 8.27. The fourth-order valence-electron chi connectivity index (χ4n) is 0.930. The van der Waals surface area contributed by atoms with Crippen molar-refractivity contribution in [3.8, 4) is 17.9 Å². The van der Waals surface area contributed by atoms with Crippen LogP contribution in [0.2, 0.25) is 0 Å². The molecule has 0 radical (unpaired) electrons. The summed E-state index contributed by atoms with van der Waals surface area (Å²) >= 11 is 1.77. The Morgan fingerprint density at radius 3 is 3.00 bits per heavy atom. The van der Waals surface area contributed by atoms with Crippen LogP contribution in [0.25, 0.3) is 0 Å². The van der Waals surface area contributed by atoms with Gasteiger partial charge in [0.2, 0.25) is 0 Å². The van der Waals surface area contributed by atoms with E-state index in [-0.39, 0.29) is 0 Å².